The van der Waals surface area contributed by atoms with E-state index in [9.17, 15) is 13.6 Å². The lowest BCUT2D eigenvalue weighted by Crippen LogP contribution is -2.45. The number of hydrogen-bond acceptors (Lipinski definition) is 5. The number of hydrogen-bond donors (Lipinski definition) is 2. The summed E-state index contributed by atoms with van der Waals surface area (Å²) in [6.07, 6.45) is 7.70. The highest BCUT2D eigenvalue weighted by molar-refractivity contribution is 6.01. The van der Waals surface area contributed by atoms with Gasteiger partial charge in [-0.25, -0.2) is 23.5 Å². The van der Waals surface area contributed by atoms with Gasteiger partial charge in [-0.3, -0.25) is 0 Å². The Morgan fingerprint density at radius 3 is 2.47 bits per heavy atom. The molecule has 2 fully saturated rings. The van der Waals surface area contributed by atoms with Crippen LogP contribution in [0.15, 0.2) is 55.0 Å². The summed E-state index contributed by atoms with van der Waals surface area (Å²) >= 11 is 0. The van der Waals surface area contributed by atoms with Gasteiger partial charge in [0.15, 0.2) is 5.75 Å². The van der Waals surface area contributed by atoms with Crippen LogP contribution in [0.25, 0.3) is 10.9 Å². The number of carbonyl (C=O) groups excluding carboxylic acids is 1. The molecule has 2 aliphatic rings. The van der Waals surface area contributed by atoms with Crippen molar-refractivity contribution >= 4 is 28.3 Å². The van der Waals surface area contributed by atoms with Gasteiger partial charge in [0.25, 0.3) is 0 Å². The monoisotopic (exact) mass is 518 g/mol. The largest absolute Gasteiger partial charge is 0.454 e. The Kier molecular flexibility index (Phi) is 6.09. The number of rotatable bonds is 4. The molecule has 6 rings (SSSR count). The fourth-order valence-corrected chi connectivity index (χ4v) is 5.49. The third-order valence-electron chi connectivity index (χ3n) is 7.69. The lowest BCUT2D eigenvalue weighted by Gasteiger charge is -2.39. The van der Waals surface area contributed by atoms with E-state index in [1.54, 1.807) is 17.3 Å². The zero-order chi connectivity index (χ0) is 26.3. The minimum Gasteiger partial charge on any atom is -0.454 e. The van der Waals surface area contributed by atoms with Crippen molar-refractivity contribution in [2.75, 3.05) is 36.4 Å². The SMILES string of the molecule is Cc1ncc(Oc2ccc(N3CCC4(CCN(C(=O)Nc5c[nH]c6c(F)cc(F)cc56)CC4)C3)cc2)cn1. The van der Waals surface area contributed by atoms with E-state index in [2.05, 4.69) is 37.3 Å². The van der Waals surface area contributed by atoms with Crippen molar-refractivity contribution in [2.24, 2.45) is 5.41 Å². The number of piperidine rings is 1. The molecule has 1 spiro atoms. The average molecular weight is 519 g/mol. The number of aromatic amines is 1. The van der Waals surface area contributed by atoms with Gasteiger partial charge in [-0.1, -0.05) is 0 Å². The quantitative estimate of drug-likeness (QED) is 0.353. The van der Waals surface area contributed by atoms with Crippen molar-refractivity contribution in [1.82, 2.24) is 19.9 Å². The van der Waals surface area contributed by atoms with E-state index in [-0.39, 0.29) is 17.0 Å². The molecule has 2 aromatic carbocycles. The number of likely N-dealkylation sites (tertiary alicyclic amines) is 1. The molecule has 0 aliphatic carbocycles. The van der Waals surface area contributed by atoms with Gasteiger partial charge in [0.1, 0.15) is 23.2 Å². The third-order valence-corrected chi connectivity index (χ3v) is 7.69. The molecule has 0 atom stereocenters. The van der Waals surface area contributed by atoms with Crippen LogP contribution >= 0.6 is 0 Å². The molecule has 2 aromatic heterocycles. The predicted octanol–water partition coefficient (Wildman–Crippen LogP) is 5.86. The molecule has 38 heavy (non-hydrogen) atoms. The van der Waals surface area contributed by atoms with Crippen molar-refractivity contribution in [3.05, 3.63) is 72.4 Å². The number of urea groups is 1. The van der Waals surface area contributed by atoms with Crippen molar-refractivity contribution in [1.29, 1.82) is 0 Å². The predicted molar refractivity (Wildman–Crippen MR) is 141 cm³/mol. The van der Waals surface area contributed by atoms with Crippen LogP contribution in [0.2, 0.25) is 0 Å². The van der Waals surface area contributed by atoms with Crippen molar-refractivity contribution in [2.45, 2.75) is 26.2 Å². The number of H-pyrrole nitrogens is 1. The van der Waals surface area contributed by atoms with Gasteiger partial charge in [0, 0.05) is 49.5 Å². The van der Waals surface area contributed by atoms with Crippen LogP contribution in [-0.2, 0) is 0 Å². The van der Waals surface area contributed by atoms with Crippen LogP contribution in [0.5, 0.6) is 11.5 Å². The van der Waals surface area contributed by atoms with Crippen LogP contribution in [0.3, 0.4) is 0 Å². The van der Waals surface area contributed by atoms with E-state index in [1.165, 1.54) is 12.3 Å². The molecule has 8 nitrogen and oxygen atoms in total. The van der Waals surface area contributed by atoms with Gasteiger partial charge in [-0.15, -0.1) is 0 Å². The molecule has 4 aromatic rings. The molecule has 10 heteroatoms. The van der Waals surface area contributed by atoms with Crippen molar-refractivity contribution in [3.8, 4) is 11.5 Å². The number of halogens is 2. The lowest BCUT2D eigenvalue weighted by molar-refractivity contribution is 0.138. The summed E-state index contributed by atoms with van der Waals surface area (Å²) in [5.41, 5.74) is 1.86. The molecule has 2 N–H and O–H groups in total. The summed E-state index contributed by atoms with van der Waals surface area (Å²) in [4.78, 5) is 28.2. The van der Waals surface area contributed by atoms with E-state index in [0.717, 1.165) is 49.9 Å². The maximum absolute atomic E-state index is 14.0. The minimum absolute atomic E-state index is 0.165. The number of nitrogens with one attached hydrogen (secondary N) is 2. The molecule has 0 unspecified atom stereocenters. The van der Waals surface area contributed by atoms with Crippen LogP contribution < -0.4 is 15.0 Å². The zero-order valence-electron chi connectivity index (χ0n) is 21.0. The van der Waals surface area contributed by atoms with Crippen LogP contribution in [-0.4, -0.2) is 52.1 Å². The first-order valence-electron chi connectivity index (χ1n) is 12.7. The van der Waals surface area contributed by atoms with E-state index in [1.807, 2.05) is 19.1 Å². The minimum atomic E-state index is -0.686. The zero-order valence-corrected chi connectivity index (χ0v) is 21.0. The van der Waals surface area contributed by atoms with Crippen LogP contribution in [0.4, 0.5) is 25.0 Å². The summed E-state index contributed by atoms with van der Waals surface area (Å²) in [5.74, 6) is 0.663. The maximum Gasteiger partial charge on any atom is 0.321 e. The molecule has 0 saturated carbocycles. The Morgan fingerprint density at radius 1 is 1.03 bits per heavy atom. The molecule has 2 aliphatic heterocycles. The van der Waals surface area contributed by atoms with E-state index in [0.29, 0.717) is 35.7 Å². The molecule has 196 valence electrons. The smallest absolute Gasteiger partial charge is 0.321 e. The molecular weight excluding hydrogens is 490 g/mol. The van der Waals surface area contributed by atoms with Gasteiger partial charge in [-0.05, 0) is 61.9 Å². The van der Waals surface area contributed by atoms with Crippen LogP contribution in [0.1, 0.15) is 25.1 Å². The summed E-state index contributed by atoms with van der Waals surface area (Å²) in [6.45, 7) is 5.00. The number of amides is 2. The van der Waals surface area contributed by atoms with Gasteiger partial charge in [0.2, 0.25) is 0 Å². The normalized spacial score (nSPS) is 16.8. The van der Waals surface area contributed by atoms with Gasteiger partial charge < -0.3 is 24.8 Å². The molecule has 0 radical (unpaired) electrons. The Bertz CT molecular complexity index is 1460. The van der Waals surface area contributed by atoms with Crippen molar-refractivity contribution in [3.63, 3.8) is 0 Å². The number of nitrogens with zero attached hydrogens (tertiary/aromatic N) is 4. The Labute approximate surface area is 218 Å². The van der Waals surface area contributed by atoms with Gasteiger partial charge in [-0.2, -0.15) is 0 Å². The Balaban J connectivity index is 1.04. The first kappa shape index (κ1) is 24.1. The highest BCUT2D eigenvalue weighted by Crippen LogP contribution is 2.42. The topological polar surface area (TPSA) is 86.4 Å². The standard InChI is InChI=1S/C28H28F2N6O2/c1-18-31-14-22(15-32-18)38-21-4-2-20(3-5-21)36-11-8-28(17-36)6-9-35(10-7-28)27(37)34-25-16-33-26-23(25)12-19(29)13-24(26)30/h2-5,12-16,33H,6-11,17H2,1H3,(H,34,37). The summed E-state index contributed by atoms with van der Waals surface area (Å²) in [5, 5.41) is 3.14. The Hall–Kier alpha value is -4.21. The molecule has 2 saturated heterocycles. The first-order chi connectivity index (χ1) is 18.4. The highest BCUT2D eigenvalue weighted by atomic mass is 19.1. The second kappa shape index (κ2) is 9.59. The number of benzene rings is 2. The number of fused-ring (bicyclic) bond motifs is 1. The van der Waals surface area contributed by atoms with Gasteiger partial charge >= 0.3 is 6.03 Å². The molecule has 2 amide bonds. The fourth-order valence-electron chi connectivity index (χ4n) is 5.49. The average Bonchev–Trinajstić information content (AvgIpc) is 3.51. The number of aromatic nitrogens is 3. The molecule has 4 heterocycles. The Morgan fingerprint density at radius 2 is 1.74 bits per heavy atom. The van der Waals surface area contributed by atoms with E-state index >= 15 is 0 Å². The second-order valence-corrected chi connectivity index (χ2v) is 10.2. The third kappa shape index (κ3) is 4.73. The number of carbonyl (C=O) groups is 1. The number of aryl methyl sites for hydroxylation is 1. The lowest BCUT2D eigenvalue weighted by atomic mass is 9.78. The summed E-state index contributed by atoms with van der Waals surface area (Å²) in [6, 6.07) is 9.83. The summed E-state index contributed by atoms with van der Waals surface area (Å²) in [7, 11) is 0. The van der Waals surface area contributed by atoms with Crippen LogP contribution in [0, 0.1) is 24.0 Å². The van der Waals surface area contributed by atoms with Gasteiger partial charge in [0.05, 0.1) is 23.6 Å². The number of ether oxygens (including phenoxy) is 1. The highest BCUT2D eigenvalue weighted by Gasteiger charge is 2.41. The second-order valence-electron chi connectivity index (χ2n) is 10.2. The number of anilines is 2. The molecule has 0 bridgehead atoms. The molecular formula is C28H28F2N6O2. The van der Waals surface area contributed by atoms with Crippen molar-refractivity contribution < 1.29 is 18.3 Å². The summed E-state index contributed by atoms with van der Waals surface area (Å²) < 4.78 is 33.5. The maximum atomic E-state index is 14.0. The van der Waals surface area contributed by atoms with E-state index < -0.39 is 11.6 Å². The first-order valence-corrected chi connectivity index (χ1v) is 12.7. The van der Waals surface area contributed by atoms with E-state index in [4.69, 9.17) is 4.74 Å². The fraction of sp³-hybridized carbons (Fsp3) is 0.321.